The second-order valence-corrected chi connectivity index (χ2v) is 7.90. The monoisotopic (exact) mass is 456 g/mol. The normalized spacial score (nSPS) is 15.4. The summed E-state index contributed by atoms with van der Waals surface area (Å²) in [6.07, 6.45) is -5.27. The number of hydrogen-bond donors (Lipinski definition) is 2. The fraction of sp³-hybridized carbons (Fsp3) is 0.348. The fourth-order valence-electron chi connectivity index (χ4n) is 4.05. The van der Waals surface area contributed by atoms with E-state index in [1.807, 2.05) is 0 Å². The first kappa shape index (κ1) is 22.8. The van der Waals surface area contributed by atoms with Gasteiger partial charge in [-0.25, -0.2) is 0 Å². The molecule has 3 aromatic rings. The Kier molecular flexibility index (Phi) is 6.10. The number of nitrogens with zero attached hydrogens (tertiary/aromatic N) is 4. The van der Waals surface area contributed by atoms with Gasteiger partial charge in [-0.05, 0) is 43.2 Å². The third kappa shape index (κ3) is 4.42. The lowest BCUT2D eigenvalue weighted by molar-refractivity contribution is -0.137. The Morgan fingerprint density at radius 1 is 1.15 bits per heavy atom. The van der Waals surface area contributed by atoms with Gasteiger partial charge in [0.25, 0.3) is 0 Å². The number of aromatic nitrogens is 2. The van der Waals surface area contributed by atoms with E-state index in [4.69, 9.17) is 10.5 Å². The maximum atomic E-state index is 14.0. The molecule has 3 N–H and O–H groups in total. The number of hydrogen-bond acceptors (Lipinski definition) is 7. The number of nitrogens with two attached hydrogens (primary N) is 1. The van der Waals surface area contributed by atoms with Crippen LogP contribution in [0.5, 0.6) is 0 Å². The van der Waals surface area contributed by atoms with E-state index in [9.17, 15) is 18.4 Å². The highest BCUT2D eigenvalue weighted by Gasteiger charge is 2.36. The predicted octanol–water partition coefficient (Wildman–Crippen LogP) is 4.04. The highest BCUT2D eigenvalue weighted by Crippen LogP contribution is 2.41. The molecule has 1 saturated heterocycles. The molecule has 4 rings (SSSR count). The number of anilines is 2. The molecule has 1 aliphatic rings. The van der Waals surface area contributed by atoms with Crippen molar-refractivity contribution in [3.05, 3.63) is 58.3 Å². The zero-order valence-electron chi connectivity index (χ0n) is 18.2. The maximum absolute atomic E-state index is 14.0. The van der Waals surface area contributed by atoms with Crippen molar-refractivity contribution in [2.45, 2.75) is 26.2 Å². The molecule has 1 fully saturated rings. The number of morpholine rings is 1. The summed E-state index contributed by atoms with van der Waals surface area (Å²) in [5.74, 6) is 0.271. The predicted molar refractivity (Wildman–Crippen MR) is 119 cm³/mol. The largest absolute Gasteiger partial charge is 0.418 e. The Bertz CT molecular complexity index is 1230. The van der Waals surface area contributed by atoms with Crippen molar-refractivity contribution >= 4 is 22.3 Å². The van der Waals surface area contributed by atoms with E-state index in [2.05, 4.69) is 21.6 Å². The minimum absolute atomic E-state index is 0.0741. The van der Waals surface area contributed by atoms with E-state index in [1.165, 1.54) is 6.07 Å². The summed E-state index contributed by atoms with van der Waals surface area (Å²) in [4.78, 5) is 1.67. The molecular weight excluding hydrogens is 433 g/mol. The first-order valence-corrected chi connectivity index (χ1v) is 10.4. The number of benzene rings is 2. The second-order valence-electron chi connectivity index (χ2n) is 7.90. The first-order chi connectivity index (χ1) is 15.7. The SMILES string of the molecule is Cc1c(C#N)cccc1[C@@H](N)Nc1nnc(C)c2cc(C(F)(F)F)c(N3CCOCC3)cc12. The summed E-state index contributed by atoms with van der Waals surface area (Å²) in [6, 6.07) is 9.96. The molecule has 0 spiro atoms. The van der Waals surface area contributed by atoms with E-state index < -0.39 is 17.9 Å². The van der Waals surface area contributed by atoms with Crippen LogP contribution in [0.3, 0.4) is 0 Å². The highest BCUT2D eigenvalue weighted by atomic mass is 19.4. The van der Waals surface area contributed by atoms with Gasteiger partial charge in [-0.15, -0.1) is 5.10 Å². The molecule has 0 amide bonds. The number of fused-ring (bicyclic) bond motifs is 1. The summed E-state index contributed by atoms with van der Waals surface area (Å²) in [6.45, 7) is 4.83. The van der Waals surface area contributed by atoms with E-state index >= 15 is 0 Å². The van der Waals surface area contributed by atoms with Crippen LogP contribution in [0, 0.1) is 25.2 Å². The Morgan fingerprint density at radius 2 is 1.88 bits per heavy atom. The average molecular weight is 456 g/mol. The minimum Gasteiger partial charge on any atom is -0.378 e. The van der Waals surface area contributed by atoms with E-state index in [1.54, 1.807) is 36.9 Å². The topological polar surface area (TPSA) is 100 Å². The number of nitriles is 1. The van der Waals surface area contributed by atoms with Crippen LogP contribution in [0.4, 0.5) is 24.7 Å². The molecule has 0 saturated carbocycles. The van der Waals surface area contributed by atoms with Crippen LogP contribution in [-0.4, -0.2) is 36.5 Å². The Labute approximate surface area is 189 Å². The molecule has 172 valence electrons. The molecule has 2 heterocycles. The van der Waals surface area contributed by atoms with E-state index in [0.29, 0.717) is 53.9 Å². The van der Waals surface area contributed by atoms with Gasteiger partial charge in [-0.3, -0.25) is 0 Å². The van der Waals surface area contributed by atoms with Crippen molar-refractivity contribution in [3.8, 4) is 6.07 Å². The summed E-state index contributed by atoms with van der Waals surface area (Å²) in [5.41, 5.74) is 8.00. The van der Waals surface area contributed by atoms with Crippen molar-refractivity contribution in [2.75, 3.05) is 36.5 Å². The molecule has 0 unspecified atom stereocenters. The molecule has 0 radical (unpaired) electrons. The van der Waals surface area contributed by atoms with Crippen molar-refractivity contribution < 1.29 is 17.9 Å². The van der Waals surface area contributed by atoms with E-state index in [-0.39, 0.29) is 11.5 Å². The number of halogens is 3. The molecule has 0 aliphatic carbocycles. The smallest absolute Gasteiger partial charge is 0.378 e. The molecular formula is C23H23F3N6O. The van der Waals surface area contributed by atoms with Crippen molar-refractivity contribution in [2.24, 2.45) is 5.73 Å². The lowest BCUT2D eigenvalue weighted by Gasteiger charge is -2.31. The number of rotatable bonds is 4. The zero-order chi connectivity index (χ0) is 23.8. The fourth-order valence-corrected chi connectivity index (χ4v) is 4.05. The van der Waals surface area contributed by atoms with Gasteiger partial charge in [0.05, 0.1) is 36.1 Å². The van der Waals surface area contributed by atoms with Gasteiger partial charge in [-0.1, -0.05) is 12.1 Å². The maximum Gasteiger partial charge on any atom is 0.418 e. The summed E-state index contributed by atoms with van der Waals surface area (Å²) >= 11 is 0. The molecule has 1 aromatic heterocycles. The number of ether oxygens (including phenoxy) is 1. The van der Waals surface area contributed by atoms with Crippen LogP contribution in [0.25, 0.3) is 10.8 Å². The second kappa shape index (κ2) is 8.84. The molecule has 7 nitrogen and oxygen atoms in total. The molecule has 10 heteroatoms. The average Bonchev–Trinajstić information content (AvgIpc) is 2.80. The summed E-state index contributed by atoms with van der Waals surface area (Å²) in [7, 11) is 0. The van der Waals surface area contributed by atoms with Gasteiger partial charge >= 0.3 is 6.18 Å². The van der Waals surface area contributed by atoms with E-state index in [0.717, 1.165) is 11.6 Å². The third-order valence-corrected chi connectivity index (χ3v) is 5.86. The lowest BCUT2D eigenvalue weighted by Crippen LogP contribution is -2.37. The number of alkyl halides is 3. The van der Waals surface area contributed by atoms with Crippen LogP contribution < -0.4 is 16.0 Å². The number of nitrogens with one attached hydrogen (secondary N) is 1. The van der Waals surface area contributed by atoms with Gasteiger partial charge in [0, 0.05) is 29.5 Å². The van der Waals surface area contributed by atoms with Gasteiger partial charge in [0.1, 0.15) is 6.17 Å². The molecule has 0 bridgehead atoms. The minimum atomic E-state index is -4.53. The highest BCUT2D eigenvalue weighted by molar-refractivity contribution is 5.96. The van der Waals surface area contributed by atoms with Crippen LogP contribution in [0.1, 0.15) is 34.1 Å². The van der Waals surface area contributed by atoms with Crippen LogP contribution in [0.15, 0.2) is 30.3 Å². The van der Waals surface area contributed by atoms with Gasteiger partial charge in [-0.2, -0.15) is 23.5 Å². The van der Waals surface area contributed by atoms with Crippen molar-refractivity contribution in [3.63, 3.8) is 0 Å². The zero-order valence-corrected chi connectivity index (χ0v) is 18.2. The van der Waals surface area contributed by atoms with Crippen LogP contribution in [0.2, 0.25) is 0 Å². The number of aryl methyl sites for hydroxylation is 1. The molecule has 2 aromatic carbocycles. The lowest BCUT2D eigenvalue weighted by atomic mass is 10.0. The Morgan fingerprint density at radius 3 is 2.55 bits per heavy atom. The third-order valence-electron chi connectivity index (χ3n) is 5.86. The quantitative estimate of drug-likeness (QED) is 0.572. The Hall–Kier alpha value is -3.42. The molecule has 1 atom stereocenters. The van der Waals surface area contributed by atoms with Gasteiger partial charge < -0.3 is 20.7 Å². The summed E-state index contributed by atoms with van der Waals surface area (Å²) < 4.78 is 47.2. The van der Waals surface area contributed by atoms with Gasteiger partial charge in [0.15, 0.2) is 5.82 Å². The van der Waals surface area contributed by atoms with Crippen molar-refractivity contribution in [1.29, 1.82) is 5.26 Å². The summed E-state index contributed by atoms with van der Waals surface area (Å²) in [5, 5.41) is 21.4. The standard InChI is InChI=1S/C23H23F3N6O/c1-13-15(12-27)4-3-5-16(13)21(28)29-22-18-11-20(32-6-8-33-9-7-32)19(23(24,25)26)10-17(18)14(2)30-31-22/h3-5,10-11,21H,6-9,28H2,1-2H3,(H,29,31)/t21-/m0/s1. The van der Waals surface area contributed by atoms with Crippen LogP contribution in [-0.2, 0) is 10.9 Å². The van der Waals surface area contributed by atoms with Gasteiger partial charge in [0.2, 0.25) is 0 Å². The van der Waals surface area contributed by atoms with Crippen LogP contribution >= 0.6 is 0 Å². The van der Waals surface area contributed by atoms with Crippen molar-refractivity contribution in [1.82, 2.24) is 10.2 Å². The molecule has 1 aliphatic heterocycles. The molecule has 33 heavy (non-hydrogen) atoms. The Balaban J connectivity index is 1.83. The first-order valence-electron chi connectivity index (χ1n) is 10.4.